The van der Waals surface area contributed by atoms with Gasteiger partial charge in [0.15, 0.2) is 0 Å². The van der Waals surface area contributed by atoms with Crippen molar-refractivity contribution in [2.75, 3.05) is 0 Å². The Morgan fingerprint density at radius 1 is 1.47 bits per heavy atom. The highest BCUT2D eigenvalue weighted by Gasteiger charge is 2.42. The fraction of sp³-hybridized carbons (Fsp3) is 0.615. The van der Waals surface area contributed by atoms with Crippen LogP contribution in [0.25, 0.3) is 0 Å². The van der Waals surface area contributed by atoms with E-state index < -0.39 is 0 Å². The number of halogens is 1. The van der Waals surface area contributed by atoms with Gasteiger partial charge in [-0.25, -0.2) is 0 Å². The van der Waals surface area contributed by atoms with E-state index in [2.05, 4.69) is 32.7 Å². The Kier molecular flexibility index (Phi) is 3.26. The number of hydrogen-bond donors (Lipinski definition) is 1. The number of rotatable bonds is 3. The Bertz CT molecular complexity index is 431. The number of fused-ring (bicyclic) bond motifs is 2. The number of thiophene rings is 1. The van der Waals surface area contributed by atoms with E-state index in [1.165, 1.54) is 24.8 Å². The SMILES string of the molecule is O=C(NCc1csc(Br)c1)[C@H]1C[C@H]2CC[C@H]1C2. The summed E-state index contributed by atoms with van der Waals surface area (Å²) in [6, 6.07) is 2.08. The van der Waals surface area contributed by atoms with E-state index in [1.54, 1.807) is 11.3 Å². The first-order valence-electron chi connectivity index (χ1n) is 6.23. The minimum atomic E-state index is 0.277. The molecule has 0 unspecified atom stereocenters. The highest BCUT2D eigenvalue weighted by atomic mass is 79.9. The minimum Gasteiger partial charge on any atom is -0.352 e. The fourth-order valence-corrected chi connectivity index (χ4v) is 4.53. The van der Waals surface area contributed by atoms with E-state index in [-0.39, 0.29) is 5.91 Å². The third-order valence-corrected chi connectivity index (χ3v) is 5.72. The third-order valence-electron chi connectivity index (χ3n) is 4.16. The molecule has 0 aliphatic heterocycles. The molecule has 1 aromatic heterocycles. The van der Waals surface area contributed by atoms with Crippen LogP contribution in [-0.4, -0.2) is 5.91 Å². The van der Waals surface area contributed by atoms with Gasteiger partial charge in [0.05, 0.1) is 3.79 Å². The first-order valence-corrected chi connectivity index (χ1v) is 7.90. The summed E-state index contributed by atoms with van der Waals surface area (Å²) in [5.74, 6) is 2.09. The molecule has 2 bridgehead atoms. The lowest BCUT2D eigenvalue weighted by atomic mass is 9.88. The Morgan fingerprint density at radius 3 is 2.94 bits per heavy atom. The second kappa shape index (κ2) is 4.73. The van der Waals surface area contributed by atoms with Crippen molar-refractivity contribution in [3.63, 3.8) is 0 Å². The van der Waals surface area contributed by atoms with Gasteiger partial charge in [0.2, 0.25) is 5.91 Å². The minimum absolute atomic E-state index is 0.277. The Balaban J connectivity index is 1.54. The molecule has 0 spiro atoms. The number of hydrogen-bond acceptors (Lipinski definition) is 2. The highest BCUT2D eigenvalue weighted by Crippen LogP contribution is 2.48. The van der Waals surface area contributed by atoms with Crippen molar-refractivity contribution in [2.45, 2.75) is 32.2 Å². The van der Waals surface area contributed by atoms with Crippen molar-refractivity contribution in [3.8, 4) is 0 Å². The topological polar surface area (TPSA) is 29.1 Å². The highest BCUT2D eigenvalue weighted by molar-refractivity contribution is 9.11. The predicted molar refractivity (Wildman–Crippen MR) is 72.8 cm³/mol. The van der Waals surface area contributed by atoms with Crippen LogP contribution in [0.15, 0.2) is 15.2 Å². The lowest BCUT2D eigenvalue weighted by molar-refractivity contribution is -0.126. The molecule has 2 fully saturated rings. The maximum atomic E-state index is 12.1. The van der Waals surface area contributed by atoms with Crippen molar-refractivity contribution in [3.05, 3.63) is 20.8 Å². The molecular weight excluding hydrogens is 298 g/mol. The van der Waals surface area contributed by atoms with Crippen LogP contribution in [0.3, 0.4) is 0 Å². The molecule has 2 nitrogen and oxygen atoms in total. The van der Waals surface area contributed by atoms with Crippen molar-refractivity contribution in [1.82, 2.24) is 5.32 Å². The van der Waals surface area contributed by atoms with Crippen LogP contribution in [0.5, 0.6) is 0 Å². The van der Waals surface area contributed by atoms with Gasteiger partial charge in [0.25, 0.3) is 0 Å². The molecule has 3 rings (SSSR count). The molecule has 2 aliphatic rings. The molecule has 0 radical (unpaired) electrons. The monoisotopic (exact) mass is 313 g/mol. The lowest BCUT2D eigenvalue weighted by Gasteiger charge is -2.20. The molecule has 0 saturated heterocycles. The van der Waals surface area contributed by atoms with Crippen LogP contribution in [0.4, 0.5) is 0 Å². The van der Waals surface area contributed by atoms with Crippen LogP contribution in [-0.2, 0) is 11.3 Å². The molecule has 3 atom stereocenters. The summed E-state index contributed by atoms with van der Waals surface area (Å²) in [6.45, 7) is 0.675. The molecule has 17 heavy (non-hydrogen) atoms. The Hall–Kier alpha value is -0.350. The zero-order valence-electron chi connectivity index (χ0n) is 9.62. The van der Waals surface area contributed by atoms with Crippen LogP contribution >= 0.6 is 27.3 Å². The summed E-state index contributed by atoms with van der Waals surface area (Å²) < 4.78 is 1.13. The van der Waals surface area contributed by atoms with E-state index in [0.717, 1.165) is 16.1 Å². The zero-order valence-corrected chi connectivity index (χ0v) is 12.0. The largest absolute Gasteiger partial charge is 0.352 e. The normalized spacial score (nSPS) is 30.8. The summed E-state index contributed by atoms with van der Waals surface area (Å²) in [4.78, 5) is 12.1. The summed E-state index contributed by atoms with van der Waals surface area (Å²) >= 11 is 5.10. The summed E-state index contributed by atoms with van der Waals surface area (Å²) in [5.41, 5.74) is 1.19. The van der Waals surface area contributed by atoms with Gasteiger partial charge in [-0.1, -0.05) is 6.42 Å². The van der Waals surface area contributed by atoms with Gasteiger partial charge in [0.1, 0.15) is 0 Å². The molecule has 0 aromatic carbocycles. The van der Waals surface area contributed by atoms with Gasteiger partial charge < -0.3 is 5.32 Å². The van der Waals surface area contributed by atoms with Gasteiger partial charge in [-0.05, 0) is 64.0 Å². The molecule has 1 aromatic rings. The number of carbonyl (C=O) groups is 1. The number of carbonyl (C=O) groups excluding carboxylic acids is 1. The fourth-order valence-electron chi connectivity index (χ4n) is 3.32. The first-order chi connectivity index (χ1) is 8.22. The van der Waals surface area contributed by atoms with Gasteiger partial charge in [-0.2, -0.15) is 0 Å². The molecule has 1 heterocycles. The molecule has 92 valence electrons. The smallest absolute Gasteiger partial charge is 0.223 e. The standard InChI is InChI=1S/C13H16BrNOS/c14-12-5-9(7-17-12)6-15-13(16)11-4-8-1-2-10(11)3-8/h5,7-8,10-11H,1-4,6H2,(H,15,16)/t8-,10-,11-/m0/s1. The maximum Gasteiger partial charge on any atom is 0.223 e. The van der Waals surface area contributed by atoms with Gasteiger partial charge in [0, 0.05) is 12.5 Å². The zero-order chi connectivity index (χ0) is 11.8. The number of nitrogens with one attached hydrogen (secondary N) is 1. The van der Waals surface area contributed by atoms with E-state index in [1.807, 2.05) is 0 Å². The van der Waals surface area contributed by atoms with E-state index >= 15 is 0 Å². The predicted octanol–water partition coefficient (Wildman–Crippen LogP) is 3.56. The van der Waals surface area contributed by atoms with Crippen LogP contribution in [0.1, 0.15) is 31.2 Å². The van der Waals surface area contributed by atoms with Crippen LogP contribution < -0.4 is 5.32 Å². The second-order valence-corrected chi connectivity index (χ2v) is 7.55. The van der Waals surface area contributed by atoms with Crippen LogP contribution in [0.2, 0.25) is 0 Å². The van der Waals surface area contributed by atoms with Gasteiger partial charge in [-0.15, -0.1) is 11.3 Å². The Labute approximate surface area is 114 Å². The molecule has 2 aliphatic carbocycles. The summed E-state index contributed by atoms with van der Waals surface area (Å²) in [7, 11) is 0. The lowest BCUT2D eigenvalue weighted by Crippen LogP contribution is -2.33. The van der Waals surface area contributed by atoms with Gasteiger partial charge >= 0.3 is 0 Å². The second-order valence-electron chi connectivity index (χ2n) is 5.26. The molecule has 4 heteroatoms. The molecule has 2 saturated carbocycles. The van der Waals surface area contributed by atoms with Crippen molar-refractivity contribution < 1.29 is 4.79 Å². The van der Waals surface area contributed by atoms with Crippen molar-refractivity contribution in [2.24, 2.45) is 17.8 Å². The molecule has 1 amide bonds. The van der Waals surface area contributed by atoms with Crippen molar-refractivity contribution in [1.29, 1.82) is 0 Å². The third kappa shape index (κ3) is 2.43. The quantitative estimate of drug-likeness (QED) is 0.908. The maximum absolute atomic E-state index is 12.1. The van der Waals surface area contributed by atoms with Crippen molar-refractivity contribution >= 4 is 33.2 Å². The van der Waals surface area contributed by atoms with E-state index in [0.29, 0.717) is 18.4 Å². The van der Waals surface area contributed by atoms with E-state index in [9.17, 15) is 4.79 Å². The van der Waals surface area contributed by atoms with E-state index in [4.69, 9.17) is 0 Å². The Morgan fingerprint density at radius 2 is 2.35 bits per heavy atom. The number of amides is 1. The van der Waals surface area contributed by atoms with Crippen LogP contribution in [0, 0.1) is 17.8 Å². The van der Waals surface area contributed by atoms with Gasteiger partial charge in [-0.3, -0.25) is 4.79 Å². The summed E-state index contributed by atoms with van der Waals surface area (Å²) in [6.07, 6.45) is 5.05. The molecular formula is C13H16BrNOS. The summed E-state index contributed by atoms with van der Waals surface area (Å²) in [5, 5.41) is 5.17. The first kappa shape index (κ1) is 11.7. The average Bonchev–Trinajstić information content (AvgIpc) is 3.01. The average molecular weight is 314 g/mol. The molecule has 1 N–H and O–H groups in total.